The lowest BCUT2D eigenvalue weighted by Crippen LogP contribution is -2.41. The Morgan fingerprint density at radius 3 is 2.37 bits per heavy atom. The van der Waals surface area contributed by atoms with Crippen LogP contribution >= 0.6 is 0 Å². The van der Waals surface area contributed by atoms with Crippen molar-refractivity contribution in [3.05, 3.63) is 83.8 Å². The highest BCUT2D eigenvalue weighted by Crippen LogP contribution is 2.33. The molecule has 41 heavy (non-hydrogen) atoms. The van der Waals surface area contributed by atoms with Crippen molar-refractivity contribution in [2.45, 2.75) is 12.8 Å². The van der Waals surface area contributed by atoms with Crippen LogP contribution in [0.1, 0.15) is 17.7 Å². The van der Waals surface area contributed by atoms with Crippen LogP contribution in [-0.4, -0.2) is 71.1 Å². The number of hydrogen-bond acceptors (Lipinski definition) is 8. The quantitative estimate of drug-likeness (QED) is 0.267. The number of halogens is 2. The molecule has 1 amide bonds. The van der Waals surface area contributed by atoms with Crippen LogP contribution in [0.5, 0.6) is 0 Å². The molecule has 10 nitrogen and oxygen atoms in total. The van der Waals surface area contributed by atoms with E-state index < -0.39 is 12.2 Å². The van der Waals surface area contributed by atoms with Gasteiger partial charge in [-0.25, -0.2) is 23.7 Å². The van der Waals surface area contributed by atoms with Crippen LogP contribution in [-0.2, 0) is 20.8 Å². The number of benzene rings is 2. The van der Waals surface area contributed by atoms with E-state index in [1.54, 1.807) is 36.5 Å². The molecule has 2 aromatic heterocycles. The summed E-state index contributed by atoms with van der Waals surface area (Å²) < 4.78 is 38.7. The summed E-state index contributed by atoms with van der Waals surface area (Å²) >= 11 is 0. The average molecular weight is 564 g/mol. The second-order valence-corrected chi connectivity index (χ2v) is 9.89. The zero-order valence-corrected chi connectivity index (χ0v) is 22.7. The van der Waals surface area contributed by atoms with Gasteiger partial charge in [-0.05, 0) is 62.1 Å². The van der Waals surface area contributed by atoms with Crippen LogP contribution in [0.3, 0.4) is 0 Å². The summed E-state index contributed by atoms with van der Waals surface area (Å²) in [5, 5.41) is 6.04. The molecule has 2 aromatic carbocycles. The minimum atomic E-state index is -0.827. The molecule has 1 aliphatic heterocycles. The second kappa shape index (κ2) is 12.9. The van der Waals surface area contributed by atoms with Crippen molar-refractivity contribution in [2.75, 3.05) is 45.7 Å². The fraction of sp³-hybridized carbons (Fsp3) is 0.310. The number of amides is 1. The second-order valence-electron chi connectivity index (χ2n) is 9.89. The number of rotatable bonds is 10. The van der Waals surface area contributed by atoms with E-state index in [2.05, 4.69) is 25.6 Å². The summed E-state index contributed by atoms with van der Waals surface area (Å²) in [7, 11) is 3.88. The van der Waals surface area contributed by atoms with Gasteiger partial charge in [0.2, 0.25) is 18.1 Å². The van der Waals surface area contributed by atoms with Crippen LogP contribution in [0.2, 0.25) is 0 Å². The van der Waals surface area contributed by atoms with Gasteiger partial charge in [0.25, 0.3) is 0 Å². The zero-order chi connectivity index (χ0) is 28.8. The van der Waals surface area contributed by atoms with Gasteiger partial charge >= 0.3 is 0 Å². The van der Waals surface area contributed by atoms with Gasteiger partial charge in [0, 0.05) is 31.4 Å². The Morgan fingerprint density at radius 1 is 1.00 bits per heavy atom. The van der Waals surface area contributed by atoms with Crippen molar-refractivity contribution in [1.29, 1.82) is 0 Å². The number of carbonyl (C=O) groups excluding carboxylic acids is 1. The Labute approximate surface area is 236 Å². The normalized spacial score (nSPS) is 17.0. The molecular formula is C29H31F2N7O3. The first-order chi connectivity index (χ1) is 19.9. The number of hydrogen-bond donors (Lipinski definition) is 3. The number of nitrogens with zero attached hydrogens (tertiary/aromatic N) is 4. The van der Waals surface area contributed by atoms with Gasteiger partial charge in [-0.3, -0.25) is 4.79 Å². The van der Waals surface area contributed by atoms with Crippen molar-refractivity contribution in [1.82, 2.24) is 30.2 Å². The van der Waals surface area contributed by atoms with Gasteiger partial charge in [0.05, 0.1) is 36.2 Å². The predicted molar refractivity (Wildman–Crippen MR) is 148 cm³/mol. The molecule has 0 aliphatic carbocycles. The summed E-state index contributed by atoms with van der Waals surface area (Å²) in [6.45, 7) is 2.01. The summed E-state index contributed by atoms with van der Waals surface area (Å²) in [4.78, 5) is 31.4. The third-order valence-electron chi connectivity index (χ3n) is 6.47. The molecule has 0 bridgehead atoms. The largest absolute Gasteiger partial charge is 0.354 e. The molecule has 0 spiro atoms. The number of aromatic nitrogens is 4. The minimum absolute atomic E-state index is 0.126. The van der Waals surface area contributed by atoms with E-state index in [0.717, 1.165) is 12.1 Å². The first-order valence-corrected chi connectivity index (χ1v) is 13.2. The number of likely N-dealkylation sites (N-methyl/N-ethyl adjacent to an activating group) is 1. The van der Waals surface area contributed by atoms with Crippen LogP contribution in [0, 0.1) is 17.6 Å². The molecule has 1 saturated heterocycles. The molecule has 5 rings (SSSR count). The van der Waals surface area contributed by atoms with E-state index in [1.807, 2.05) is 19.0 Å². The minimum Gasteiger partial charge on any atom is -0.354 e. The smallest absolute Gasteiger partial charge is 0.227 e. The predicted octanol–water partition coefficient (Wildman–Crippen LogP) is 3.76. The maximum absolute atomic E-state index is 13.7. The molecule has 3 N–H and O–H groups in total. The van der Waals surface area contributed by atoms with Gasteiger partial charge in [-0.15, -0.1) is 0 Å². The van der Waals surface area contributed by atoms with E-state index in [9.17, 15) is 13.6 Å². The van der Waals surface area contributed by atoms with Crippen molar-refractivity contribution < 1.29 is 23.0 Å². The fourth-order valence-electron chi connectivity index (χ4n) is 4.23. The fourth-order valence-corrected chi connectivity index (χ4v) is 4.23. The van der Waals surface area contributed by atoms with Crippen LogP contribution in [0.15, 0.2) is 60.8 Å². The van der Waals surface area contributed by atoms with Gasteiger partial charge in [0.15, 0.2) is 5.82 Å². The first kappa shape index (κ1) is 28.3. The molecule has 12 heteroatoms. The summed E-state index contributed by atoms with van der Waals surface area (Å²) in [6, 6.07) is 13.9. The maximum Gasteiger partial charge on any atom is 0.227 e. The van der Waals surface area contributed by atoms with Crippen molar-refractivity contribution in [3.63, 3.8) is 0 Å². The summed E-state index contributed by atoms with van der Waals surface area (Å²) in [5.41, 5.74) is 3.16. The molecule has 3 heterocycles. The van der Waals surface area contributed by atoms with Gasteiger partial charge < -0.3 is 30.0 Å². The van der Waals surface area contributed by atoms with Crippen LogP contribution < -0.4 is 10.6 Å². The van der Waals surface area contributed by atoms with Crippen LogP contribution in [0.4, 0.5) is 14.7 Å². The number of nitrogens with one attached hydrogen (secondary N) is 3. The van der Waals surface area contributed by atoms with Crippen molar-refractivity contribution in [3.8, 4) is 22.6 Å². The molecule has 0 atom stereocenters. The number of ether oxygens (including phenoxy) is 2. The monoisotopic (exact) mass is 563 g/mol. The maximum atomic E-state index is 13.7. The van der Waals surface area contributed by atoms with Gasteiger partial charge in [-0.1, -0.05) is 12.1 Å². The van der Waals surface area contributed by atoms with Crippen molar-refractivity contribution in [2.24, 2.45) is 5.92 Å². The van der Waals surface area contributed by atoms with E-state index in [-0.39, 0.29) is 30.8 Å². The number of imidazole rings is 1. The Morgan fingerprint density at radius 2 is 1.68 bits per heavy atom. The highest BCUT2D eigenvalue weighted by atomic mass is 19.1. The SMILES string of the molecule is CN(C)CCNC(=O)C1COC(c2nc(-c3ccc(F)cc3)c(-c3ccnc(NCc4ccc(F)cc4)n3)[nH]2)OC1. The number of anilines is 1. The molecular weight excluding hydrogens is 532 g/mol. The molecule has 4 aromatic rings. The molecule has 0 saturated carbocycles. The summed E-state index contributed by atoms with van der Waals surface area (Å²) in [6.07, 6.45) is 0.781. The van der Waals surface area contributed by atoms with Crippen LogP contribution in [0.25, 0.3) is 22.6 Å². The van der Waals surface area contributed by atoms with E-state index in [4.69, 9.17) is 14.5 Å². The number of carbonyl (C=O) groups is 1. The Balaban J connectivity index is 1.34. The molecule has 0 unspecified atom stereocenters. The lowest BCUT2D eigenvalue weighted by atomic mass is 10.1. The Bertz CT molecular complexity index is 1450. The third-order valence-corrected chi connectivity index (χ3v) is 6.47. The summed E-state index contributed by atoms with van der Waals surface area (Å²) in [5.74, 6) is -0.476. The average Bonchev–Trinajstić information content (AvgIpc) is 3.43. The Kier molecular flexibility index (Phi) is 8.92. The van der Waals surface area contributed by atoms with E-state index in [1.165, 1.54) is 24.3 Å². The lowest BCUT2D eigenvalue weighted by Gasteiger charge is -2.27. The molecule has 1 fully saturated rings. The lowest BCUT2D eigenvalue weighted by molar-refractivity contribution is -0.208. The highest BCUT2D eigenvalue weighted by molar-refractivity contribution is 5.79. The molecule has 0 radical (unpaired) electrons. The third kappa shape index (κ3) is 7.28. The zero-order valence-electron chi connectivity index (χ0n) is 22.7. The number of aromatic amines is 1. The standard InChI is InChI=1S/C29H31F2N7O3/c1-38(2)14-13-32-27(39)20-16-40-28(41-17-20)26-36-24(19-5-9-22(31)10-6-19)25(37-26)23-11-12-33-29(35-23)34-15-18-3-7-21(30)8-4-18/h3-12,20,28H,13-17H2,1-2H3,(H,32,39)(H,36,37)(H,33,34,35). The topological polar surface area (TPSA) is 117 Å². The van der Waals surface area contributed by atoms with E-state index in [0.29, 0.717) is 47.5 Å². The Hall–Kier alpha value is -4.26. The highest BCUT2D eigenvalue weighted by Gasteiger charge is 2.31. The molecule has 214 valence electrons. The van der Waals surface area contributed by atoms with Crippen molar-refractivity contribution >= 4 is 11.9 Å². The number of H-pyrrole nitrogens is 1. The van der Waals surface area contributed by atoms with Gasteiger partial charge in [-0.2, -0.15) is 0 Å². The van der Waals surface area contributed by atoms with E-state index >= 15 is 0 Å². The first-order valence-electron chi connectivity index (χ1n) is 13.2. The molecule has 1 aliphatic rings. The van der Waals surface area contributed by atoms with Gasteiger partial charge in [0.1, 0.15) is 11.6 Å².